The highest BCUT2D eigenvalue weighted by Gasteiger charge is 2.54. The molecule has 2 aromatic rings. The molecular weight excluding hydrogens is 384 g/mol. The van der Waals surface area contributed by atoms with Crippen molar-refractivity contribution >= 4 is 17.8 Å². The number of nitrogens with one attached hydrogen (secondary N) is 1. The van der Waals surface area contributed by atoms with Gasteiger partial charge in [-0.05, 0) is 37.5 Å². The lowest BCUT2D eigenvalue weighted by Gasteiger charge is -2.42. The third-order valence-corrected chi connectivity index (χ3v) is 5.75. The van der Waals surface area contributed by atoms with Crippen LogP contribution in [0.4, 0.5) is 4.79 Å². The number of ether oxygens (including phenoxy) is 1. The predicted octanol–water partition coefficient (Wildman–Crippen LogP) is 2.21. The lowest BCUT2D eigenvalue weighted by Crippen LogP contribution is -2.57. The number of carbonyl (C=O) groups is 3. The largest absolute Gasteiger partial charge is 0.477 e. The molecule has 2 saturated heterocycles. The first-order valence-electron chi connectivity index (χ1n) is 10.1. The third kappa shape index (κ3) is 3.49. The molecule has 2 fully saturated rings. The highest BCUT2D eigenvalue weighted by atomic mass is 16.5. The average Bonchev–Trinajstić information content (AvgIpc) is 2.99. The molecule has 30 heavy (non-hydrogen) atoms. The van der Waals surface area contributed by atoms with Crippen molar-refractivity contribution in [1.82, 2.24) is 20.1 Å². The van der Waals surface area contributed by atoms with Crippen molar-refractivity contribution in [2.24, 2.45) is 0 Å². The van der Waals surface area contributed by atoms with Gasteiger partial charge >= 0.3 is 6.03 Å². The summed E-state index contributed by atoms with van der Waals surface area (Å²) >= 11 is 0. The molecule has 1 aromatic carbocycles. The predicted molar refractivity (Wildman–Crippen MR) is 109 cm³/mol. The number of urea groups is 1. The van der Waals surface area contributed by atoms with Crippen LogP contribution in [0.25, 0.3) is 0 Å². The fraction of sp³-hybridized carbons (Fsp3) is 0.364. The van der Waals surface area contributed by atoms with Crippen LogP contribution in [-0.4, -0.2) is 57.9 Å². The van der Waals surface area contributed by atoms with Crippen LogP contribution in [0.1, 0.15) is 35.7 Å². The van der Waals surface area contributed by atoms with Gasteiger partial charge in [0.1, 0.15) is 11.1 Å². The van der Waals surface area contributed by atoms with E-state index in [4.69, 9.17) is 4.74 Å². The van der Waals surface area contributed by atoms with E-state index in [1.807, 2.05) is 37.3 Å². The molecule has 2 aliphatic heterocycles. The van der Waals surface area contributed by atoms with Crippen molar-refractivity contribution in [1.29, 1.82) is 0 Å². The van der Waals surface area contributed by atoms with Crippen LogP contribution in [0, 0.1) is 0 Å². The Morgan fingerprint density at radius 1 is 1.13 bits per heavy atom. The number of hydrogen-bond donors (Lipinski definition) is 1. The number of piperidine rings is 1. The van der Waals surface area contributed by atoms with E-state index in [1.54, 1.807) is 28.1 Å². The topological polar surface area (TPSA) is 91.8 Å². The Kier molecular flexibility index (Phi) is 5.39. The van der Waals surface area contributed by atoms with E-state index < -0.39 is 5.54 Å². The Hall–Kier alpha value is -3.42. The molecule has 0 radical (unpaired) electrons. The second-order valence-electron chi connectivity index (χ2n) is 7.44. The fourth-order valence-corrected chi connectivity index (χ4v) is 4.14. The molecule has 1 aromatic heterocycles. The van der Waals surface area contributed by atoms with Crippen molar-refractivity contribution in [3.63, 3.8) is 0 Å². The molecule has 156 valence electrons. The molecule has 1 N–H and O–H groups in total. The maximum atomic E-state index is 13.0. The van der Waals surface area contributed by atoms with Gasteiger partial charge in [0.15, 0.2) is 0 Å². The van der Waals surface area contributed by atoms with E-state index in [9.17, 15) is 14.4 Å². The SMILES string of the molecule is CCOc1ncccc1C(=O)N1CCC2(CC1)C(=O)NC(=O)N2Cc1ccccc1. The summed E-state index contributed by atoms with van der Waals surface area (Å²) in [7, 11) is 0. The van der Waals surface area contributed by atoms with E-state index in [-0.39, 0.29) is 17.8 Å². The zero-order chi connectivity index (χ0) is 21.1. The van der Waals surface area contributed by atoms with Crippen LogP contribution in [0.3, 0.4) is 0 Å². The summed E-state index contributed by atoms with van der Waals surface area (Å²) in [5.41, 5.74) is 0.432. The number of hydrogen-bond acceptors (Lipinski definition) is 5. The van der Waals surface area contributed by atoms with Crippen LogP contribution in [0.2, 0.25) is 0 Å². The molecule has 3 heterocycles. The summed E-state index contributed by atoms with van der Waals surface area (Å²) in [5, 5.41) is 2.46. The second-order valence-corrected chi connectivity index (χ2v) is 7.44. The van der Waals surface area contributed by atoms with Gasteiger partial charge in [-0.3, -0.25) is 14.9 Å². The first-order valence-corrected chi connectivity index (χ1v) is 10.1. The number of carbonyl (C=O) groups excluding carboxylic acids is 3. The summed E-state index contributed by atoms with van der Waals surface area (Å²) in [6, 6.07) is 12.6. The smallest absolute Gasteiger partial charge is 0.325 e. The molecule has 0 aliphatic carbocycles. The molecule has 0 unspecified atom stereocenters. The molecule has 0 saturated carbocycles. The quantitative estimate of drug-likeness (QED) is 0.766. The average molecular weight is 408 g/mol. The maximum Gasteiger partial charge on any atom is 0.325 e. The summed E-state index contributed by atoms with van der Waals surface area (Å²) in [4.78, 5) is 45.7. The van der Waals surface area contributed by atoms with Crippen molar-refractivity contribution in [2.75, 3.05) is 19.7 Å². The number of benzene rings is 1. The van der Waals surface area contributed by atoms with E-state index >= 15 is 0 Å². The highest BCUT2D eigenvalue weighted by molar-refractivity contribution is 6.07. The van der Waals surface area contributed by atoms with Gasteiger partial charge in [-0.2, -0.15) is 0 Å². The molecule has 8 heteroatoms. The van der Waals surface area contributed by atoms with Crippen molar-refractivity contribution < 1.29 is 19.1 Å². The molecule has 4 amide bonds. The van der Waals surface area contributed by atoms with E-state index in [1.165, 1.54) is 0 Å². The number of aromatic nitrogens is 1. The summed E-state index contributed by atoms with van der Waals surface area (Å²) in [5.74, 6) is -0.155. The van der Waals surface area contributed by atoms with Crippen molar-refractivity contribution in [3.05, 3.63) is 59.8 Å². The molecule has 1 spiro atoms. The van der Waals surface area contributed by atoms with Gasteiger partial charge in [0, 0.05) is 25.8 Å². The first-order chi connectivity index (χ1) is 14.5. The molecule has 8 nitrogen and oxygen atoms in total. The zero-order valence-corrected chi connectivity index (χ0v) is 16.8. The Labute approximate surface area is 174 Å². The molecule has 0 bridgehead atoms. The van der Waals surface area contributed by atoms with Gasteiger partial charge in [0.2, 0.25) is 5.88 Å². The van der Waals surface area contributed by atoms with Crippen molar-refractivity contribution in [3.8, 4) is 5.88 Å². The van der Waals surface area contributed by atoms with Gasteiger partial charge in [-0.25, -0.2) is 9.78 Å². The van der Waals surface area contributed by atoms with Crippen molar-refractivity contribution in [2.45, 2.75) is 31.8 Å². The van der Waals surface area contributed by atoms with Gasteiger partial charge < -0.3 is 14.5 Å². The number of pyridine rings is 1. The Morgan fingerprint density at radius 3 is 2.57 bits per heavy atom. The molecule has 2 aliphatic rings. The van der Waals surface area contributed by atoms with E-state index in [0.29, 0.717) is 50.5 Å². The van der Waals surface area contributed by atoms with E-state index in [2.05, 4.69) is 10.3 Å². The molecule has 0 atom stereocenters. The van der Waals surface area contributed by atoms with Gasteiger partial charge in [-0.1, -0.05) is 30.3 Å². The van der Waals surface area contributed by atoms with Crippen LogP contribution in [-0.2, 0) is 11.3 Å². The highest BCUT2D eigenvalue weighted by Crippen LogP contribution is 2.35. The van der Waals surface area contributed by atoms with Gasteiger partial charge in [0.05, 0.1) is 6.61 Å². The Morgan fingerprint density at radius 2 is 1.87 bits per heavy atom. The molecule has 4 rings (SSSR count). The lowest BCUT2D eigenvalue weighted by molar-refractivity contribution is -0.129. The lowest BCUT2D eigenvalue weighted by atomic mass is 9.85. The minimum absolute atomic E-state index is 0.180. The third-order valence-electron chi connectivity index (χ3n) is 5.75. The summed E-state index contributed by atoms with van der Waals surface area (Å²) in [6.07, 6.45) is 2.35. The fourth-order valence-electron chi connectivity index (χ4n) is 4.14. The van der Waals surface area contributed by atoms with Crippen LogP contribution in [0.5, 0.6) is 5.88 Å². The monoisotopic (exact) mass is 408 g/mol. The first kappa shape index (κ1) is 19.9. The standard InChI is InChI=1S/C22H24N4O4/c1-2-30-18-17(9-6-12-23-18)19(27)25-13-10-22(11-14-25)20(28)24-21(29)26(22)15-16-7-4-3-5-8-16/h3-9,12H,2,10-11,13-15H2,1H3,(H,24,28,29). The van der Waals surface area contributed by atoms with Gasteiger partial charge in [0.25, 0.3) is 11.8 Å². The zero-order valence-electron chi connectivity index (χ0n) is 16.8. The molecular formula is C22H24N4O4. The summed E-state index contributed by atoms with van der Waals surface area (Å²) in [6.45, 7) is 3.34. The normalized spacial score (nSPS) is 17.9. The number of imide groups is 1. The summed E-state index contributed by atoms with van der Waals surface area (Å²) < 4.78 is 5.48. The Bertz CT molecular complexity index is 955. The number of nitrogens with zero attached hydrogens (tertiary/aromatic N) is 3. The minimum Gasteiger partial charge on any atom is -0.477 e. The van der Waals surface area contributed by atoms with Gasteiger partial charge in [-0.15, -0.1) is 0 Å². The van der Waals surface area contributed by atoms with E-state index in [0.717, 1.165) is 5.56 Å². The second kappa shape index (κ2) is 8.14. The number of rotatable bonds is 5. The van der Waals surface area contributed by atoms with Crippen LogP contribution in [0.15, 0.2) is 48.7 Å². The maximum absolute atomic E-state index is 13.0. The number of amides is 4. The minimum atomic E-state index is -0.929. The Balaban J connectivity index is 1.51. The van der Waals surface area contributed by atoms with Crippen LogP contribution >= 0.6 is 0 Å². The number of likely N-dealkylation sites (tertiary alicyclic amines) is 1. The van der Waals surface area contributed by atoms with Crippen LogP contribution < -0.4 is 10.1 Å².